The summed E-state index contributed by atoms with van der Waals surface area (Å²) in [6.45, 7) is 0. The number of aromatic nitrogens is 6. The van der Waals surface area contributed by atoms with Crippen molar-refractivity contribution < 1.29 is 4.42 Å². The smallest absolute Gasteiger partial charge is 0.238 e. The molecule has 0 amide bonds. The number of furan rings is 1. The van der Waals surface area contributed by atoms with Gasteiger partial charge in [0, 0.05) is 105 Å². The van der Waals surface area contributed by atoms with E-state index in [0.29, 0.717) is 17.6 Å². The monoisotopic (exact) mass is 1450 g/mol. The summed E-state index contributed by atoms with van der Waals surface area (Å²) in [4.78, 5) is 23.0. The molecule has 26 rings (SSSR count). The van der Waals surface area contributed by atoms with Gasteiger partial charge in [0.05, 0.1) is 38.8 Å². The van der Waals surface area contributed by atoms with Gasteiger partial charge in [-0.3, -0.25) is 9.13 Å². The second-order valence-electron chi connectivity index (χ2n) is 29.0. The van der Waals surface area contributed by atoms with Crippen LogP contribution in [-0.2, 0) is 0 Å². The Hall–Kier alpha value is -13.7. The molecule has 0 spiro atoms. The van der Waals surface area contributed by atoms with Crippen molar-refractivity contribution >= 4 is 247 Å². The van der Waals surface area contributed by atoms with Crippen LogP contribution in [0.15, 0.2) is 332 Å². The van der Waals surface area contributed by atoms with Crippen molar-refractivity contribution in [3.8, 4) is 34.4 Å². The van der Waals surface area contributed by atoms with Gasteiger partial charge < -0.3 is 4.42 Å². The van der Waals surface area contributed by atoms with Gasteiger partial charge in [-0.15, -0.1) is 34.0 Å². The molecule has 0 unspecified atom stereocenters. The van der Waals surface area contributed by atoms with Crippen LogP contribution in [0, 0.1) is 0 Å². The molecule has 0 saturated carbocycles. The van der Waals surface area contributed by atoms with E-state index in [1.54, 1.807) is 11.3 Å². The summed E-state index contributed by atoms with van der Waals surface area (Å²) in [5.74, 6) is 1.26. The summed E-state index contributed by atoms with van der Waals surface area (Å²) >= 11 is 5.42. The molecule has 0 aliphatic carbocycles. The van der Waals surface area contributed by atoms with Gasteiger partial charge in [-0.25, -0.2) is 15.0 Å². The Morgan fingerprint density at radius 2 is 0.582 bits per heavy atom. The van der Waals surface area contributed by atoms with E-state index in [9.17, 15) is 0 Å². The predicted octanol–water partition coefficient (Wildman–Crippen LogP) is 28.7. The molecule has 0 radical (unpaired) electrons. The van der Waals surface area contributed by atoms with Gasteiger partial charge in [-0.2, -0.15) is 4.98 Å². The molecule has 0 fully saturated rings. The summed E-state index contributed by atoms with van der Waals surface area (Å²) in [7, 11) is 0. The van der Waals surface area contributed by atoms with Crippen LogP contribution in [0.25, 0.3) is 247 Å². The number of nitrogens with zero attached hydrogens (tertiary/aromatic N) is 6. The first-order valence-corrected chi connectivity index (χ1v) is 39.6. The van der Waals surface area contributed by atoms with Crippen molar-refractivity contribution in [2.75, 3.05) is 0 Å². The molecule has 508 valence electrons. The maximum absolute atomic E-state index is 6.60. The van der Waals surface area contributed by atoms with Crippen LogP contribution >= 0.6 is 34.0 Å². The molecule has 0 aliphatic heterocycles. The highest BCUT2D eigenvalue weighted by Crippen LogP contribution is 2.50. The van der Waals surface area contributed by atoms with Gasteiger partial charge in [-0.1, -0.05) is 243 Å². The Morgan fingerprint density at radius 1 is 0.218 bits per heavy atom. The third kappa shape index (κ3) is 8.63. The van der Waals surface area contributed by atoms with Crippen LogP contribution in [0.4, 0.5) is 0 Å². The minimum atomic E-state index is 0.574. The number of rotatable bonds is 4. The summed E-state index contributed by atoms with van der Waals surface area (Å²) in [6, 6.07) is 119. The van der Waals surface area contributed by atoms with Gasteiger partial charge in [0.1, 0.15) is 10.4 Å². The van der Waals surface area contributed by atoms with E-state index in [-0.39, 0.29) is 0 Å². The zero-order valence-electron chi connectivity index (χ0n) is 58.5. The van der Waals surface area contributed by atoms with Crippen LogP contribution < -0.4 is 0 Å². The normalized spacial score (nSPS) is 12.4. The zero-order valence-corrected chi connectivity index (χ0v) is 60.9. The molecular formula is C100H54N6OS3. The van der Waals surface area contributed by atoms with Gasteiger partial charge >= 0.3 is 0 Å². The first-order chi connectivity index (χ1) is 54.5. The largest absolute Gasteiger partial charge is 0.437 e. The number of hydrogen-bond acceptors (Lipinski definition) is 8. The number of para-hydroxylation sites is 1. The Balaban J connectivity index is 0.000000126. The Morgan fingerprint density at radius 3 is 1.07 bits per heavy atom. The van der Waals surface area contributed by atoms with Crippen molar-refractivity contribution in [1.82, 2.24) is 29.1 Å². The molecule has 18 aromatic carbocycles. The number of fused-ring (bicyclic) bond motifs is 34. The van der Waals surface area contributed by atoms with Crippen molar-refractivity contribution in [3.05, 3.63) is 328 Å². The molecule has 26 aromatic rings. The molecule has 0 aliphatic rings. The van der Waals surface area contributed by atoms with Gasteiger partial charge in [-0.05, 0) is 160 Å². The SMILES string of the molecule is c1ccc2cc3c(cc2c1)c1c2c4ccccc4c4ccccc4c2ccc1n3-c1nc(-c2ccc3sc4ccccc4c3c2)c2c(n1)oc1ccccc12.c1ccc2cc3c(cc2c1)c1c2c4ccccc4c4ccccc4c2ccc1n3-c1nc(-c2ccc3sc4ccccc4c3c2)c2c(n1)sc1ccccc12. The minimum absolute atomic E-state index is 0.574. The lowest BCUT2D eigenvalue weighted by molar-refractivity contribution is 0.651. The van der Waals surface area contributed by atoms with Crippen molar-refractivity contribution in [2.24, 2.45) is 0 Å². The van der Waals surface area contributed by atoms with Gasteiger partial charge in [0.2, 0.25) is 17.6 Å². The lowest BCUT2D eigenvalue weighted by atomic mass is 9.91. The third-order valence-corrected chi connectivity index (χ3v) is 26.5. The summed E-state index contributed by atoms with van der Waals surface area (Å²) < 4.78 is 17.5. The van der Waals surface area contributed by atoms with E-state index in [2.05, 4.69) is 325 Å². The molecule has 7 nitrogen and oxygen atoms in total. The molecule has 8 aromatic heterocycles. The van der Waals surface area contributed by atoms with E-state index >= 15 is 0 Å². The van der Waals surface area contributed by atoms with Crippen LogP contribution in [-0.4, -0.2) is 29.1 Å². The fraction of sp³-hybridized carbons (Fsp3) is 0. The standard InChI is InChI=1S/C50H27N3OS.C50H27N3S2/c1-2-12-29-27-41-39(25-28(29)11-1)46-40(23-22-36-33-15-4-3-13-31(33)32-14-5-6-17-35(32)45(36)46)53(41)50-51-48(47-37-18-7-9-19-42(37)54-49(47)52-50)30-21-24-44-38(26-30)34-16-8-10-20-43(34)55-44;1-2-12-29-27-41-39(25-28(29)11-1)46-40(23-22-36-33-15-4-3-13-31(33)32-14-5-6-17-35(32)45(36)46)53(41)50-51-48(47-37-18-8-10-20-43(37)55-49(47)52-50)30-21-24-44-38(26-30)34-16-7-9-19-42(34)54-44/h2*1-27H. The Labute approximate surface area is 637 Å². The predicted molar refractivity (Wildman–Crippen MR) is 470 cm³/mol. The highest BCUT2D eigenvalue weighted by Gasteiger charge is 2.27. The highest BCUT2D eigenvalue weighted by atomic mass is 32.1. The van der Waals surface area contributed by atoms with Crippen molar-refractivity contribution in [1.29, 1.82) is 0 Å². The molecule has 0 saturated heterocycles. The average molecular weight is 1450 g/mol. The topological polar surface area (TPSA) is 74.6 Å². The second kappa shape index (κ2) is 22.9. The molecule has 8 heterocycles. The Kier molecular flexibility index (Phi) is 12.6. The van der Waals surface area contributed by atoms with Crippen molar-refractivity contribution in [2.45, 2.75) is 0 Å². The first kappa shape index (κ1) is 60.4. The second-order valence-corrected chi connectivity index (χ2v) is 32.2. The van der Waals surface area contributed by atoms with Crippen LogP contribution in [0.2, 0.25) is 0 Å². The van der Waals surface area contributed by atoms with Crippen LogP contribution in [0.1, 0.15) is 0 Å². The maximum Gasteiger partial charge on any atom is 0.238 e. The summed E-state index contributed by atoms with van der Waals surface area (Å²) in [6.07, 6.45) is 0. The zero-order chi connectivity index (χ0) is 71.6. The quantitative estimate of drug-likeness (QED) is 0.164. The van der Waals surface area contributed by atoms with E-state index in [0.717, 1.165) is 71.2 Å². The Bertz CT molecular complexity index is 8020. The first-order valence-electron chi connectivity index (χ1n) is 37.1. The van der Waals surface area contributed by atoms with Crippen molar-refractivity contribution in [3.63, 3.8) is 0 Å². The average Bonchev–Trinajstić information content (AvgIpc) is 1.51. The van der Waals surface area contributed by atoms with E-state index in [1.807, 2.05) is 34.8 Å². The van der Waals surface area contributed by atoms with Gasteiger partial charge in [0.15, 0.2) is 0 Å². The lowest BCUT2D eigenvalue weighted by Gasteiger charge is -2.13. The summed E-state index contributed by atoms with van der Waals surface area (Å²) in [5.41, 5.74) is 9.63. The lowest BCUT2D eigenvalue weighted by Crippen LogP contribution is -2.03. The fourth-order valence-corrected chi connectivity index (χ4v) is 21.6. The fourth-order valence-electron chi connectivity index (χ4n) is 18.4. The molecule has 0 atom stereocenters. The number of benzene rings is 18. The van der Waals surface area contributed by atoms with E-state index < -0.39 is 0 Å². The van der Waals surface area contributed by atoms with Crippen LogP contribution in [0.5, 0.6) is 0 Å². The third-order valence-electron chi connectivity index (χ3n) is 23.2. The number of hydrogen-bond donors (Lipinski definition) is 0. The molecule has 0 bridgehead atoms. The number of thiophene rings is 3. The maximum atomic E-state index is 6.60. The van der Waals surface area contributed by atoms with E-state index in [1.165, 1.54) is 158 Å². The molecule has 10 heteroatoms. The highest BCUT2D eigenvalue weighted by molar-refractivity contribution is 7.26. The van der Waals surface area contributed by atoms with Crippen LogP contribution in [0.3, 0.4) is 0 Å². The summed E-state index contributed by atoms with van der Waals surface area (Å²) in [5, 5.41) is 33.9. The minimum Gasteiger partial charge on any atom is -0.437 e. The molecule has 110 heavy (non-hydrogen) atoms. The van der Waals surface area contributed by atoms with E-state index in [4.69, 9.17) is 24.4 Å². The molecular weight excluding hydrogens is 1400 g/mol. The molecule has 0 N–H and O–H groups in total. The van der Waals surface area contributed by atoms with Gasteiger partial charge in [0.25, 0.3) is 0 Å².